The lowest BCUT2D eigenvalue weighted by Crippen LogP contribution is -2.05. The first-order valence-corrected chi connectivity index (χ1v) is 13.6. The van der Waals surface area contributed by atoms with E-state index < -0.39 is 0 Å². The summed E-state index contributed by atoms with van der Waals surface area (Å²) in [6.07, 6.45) is 32.4. The van der Waals surface area contributed by atoms with Crippen molar-refractivity contribution in [1.82, 2.24) is 0 Å². The molecule has 2 nitrogen and oxygen atoms in total. The Kier molecular flexibility index (Phi) is 25.6. The summed E-state index contributed by atoms with van der Waals surface area (Å²) < 4.78 is 5.36. The number of unbranched alkanes of at least 4 members (excludes halogenated alkanes) is 18. The zero-order valence-corrected chi connectivity index (χ0v) is 20.7. The first kappa shape index (κ1) is 29.2. The lowest BCUT2D eigenvalue weighted by Gasteiger charge is -2.05. The van der Waals surface area contributed by atoms with Crippen molar-refractivity contribution >= 4 is 5.97 Å². The number of hydrogen-bond acceptors (Lipinski definition) is 2. The predicted molar refractivity (Wildman–Crippen MR) is 133 cm³/mol. The first-order valence-electron chi connectivity index (χ1n) is 13.6. The summed E-state index contributed by atoms with van der Waals surface area (Å²) in [7, 11) is 0. The van der Waals surface area contributed by atoms with Gasteiger partial charge in [-0.25, -0.2) is 0 Å². The van der Waals surface area contributed by atoms with E-state index in [1.807, 2.05) is 0 Å². The summed E-state index contributed by atoms with van der Waals surface area (Å²) in [5.41, 5.74) is 0. The second-order valence-electron chi connectivity index (χ2n) is 9.03. The molecule has 0 aliphatic heterocycles. The molecule has 0 aromatic heterocycles. The van der Waals surface area contributed by atoms with Crippen molar-refractivity contribution in [3.63, 3.8) is 0 Å². The highest BCUT2D eigenvalue weighted by Gasteiger charge is 2.02. The zero-order valence-electron chi connectivity index (χ0n) is 20.7. The van der Waals surface area contributed by atoms with Gasteiger partial charge in [0.15, 0.2) is 0 Å². The Balaban J connectivity index is 3.18. The number of allylic oxidation sites excluding steroid dienone is 2. The molecule has 0 amide bonds. The maximum absolute atomic E-state index is 11.8. The average molecular weight is 423 g/mol. The molecule has 2 heteroatoms. The Morgan fingerprint density at radius 1 is 0.533 bits per heavy atom. The second kappa shape index (κ2) is 26.2. The number of esters is 1. The Labute approximate surface area is 189 Å². The predicted octanol–water partition coefficient (Wildman–Crippen LogP) is 9.71. The van der Waals surface area contributed by atoms with E-state index in [1.165, 1.54) is 122 Å². The summed E-state index contributed by atoms with van der Waals surface area (Å²) in [5.74, 6) is 0.0134. The highest BCUT2D eigenvalue weighted by molar-refractivity contribution is 5.69. The van der Waals surface area contributed by atoms with Crippen molar-refractivity contribution in [2.75, 3.05) is 6.61 Å². The van der Waals surface area contributed by atoms with E-state index in [1.54, 1.807) is 0 Å². The summed E-state index contributed by atoms with van der Waals surface area (Å²) in [4.78, 5) is 11.8. The molecule has 0 aliphatic carbocycles. The van der Waals surface area contributed by atoms with Crippen LogP contribution in [0.4, 0.5) is 0 Å². The standard InChI is InChI=1S/C28H54O2/c1-3-5-7-9-11-13-14-15-16-17-18-19-20-22-24-26-28(29)30-27-25-23-21-12-10-8-6-4-2/h13-14H,3-12,15-27H2,1-2H3. The van der Waals surface area contributed by atoms with Crippen molar-refractivity contribution in [3.05, 3.63) is 12.2 Å². The van der Waals surface area contributed by atoms with Gasteiger partial charge in [0.2, 0.25) is 0 Å². The fourth-order valence-corrected chi connectivity index (χ4v) is 3.83. The van der Waals surface area contributed by atoms with E-state index in [4.69, 9.17) is 4.74 Å². The van der Waals surface area contributed by atoms with Gasteiger partial charge in [0, 0.05) is 6.42 Å². The van der Waals surface area contributed by atoms with Crippen LogP contribution in [0.15, 0.2) is 12.2 Å². The highest BCUT2D eigenvalue weighted by Crippen LogP contribution is 2.12. The van der Waals surface area contributed by atoms with Gasteiger partial charge in [-0.3, -0.25) is 4.79 Å². The van der Waals surface area contributed by atoms with Gasteiger partial charge < -0.3 is 4.74 Å². The van der Waals surface area contributed by atoms with Crippen LogP contribution in [-0.2, 0) is 9.53 Å². The third-order valence-corrected chi connectivity index (χ3v) is 5.90. The van der Waals surface area contributed by atoms with E-state index in [0.29, 0.717) is 13.0 Å². The molecular weight excluding hydrogens is 368 g/mol. The molecule has 0 rings (SSSR count). The van der Waals surface area contributed by atoms with Crippen molar-refractivity contribution in [2.24, 2.45) is 0 Å². The average Bonchev–Trinajstić information content (AvgIpc) is 2.75. The SMILES string of the molecule is CCCCCCC=CCCCCCCCCCC(=O)OCCCCCCCCCC. The van der Waals surface area contributed by atoms with Gasteiger partial charge in [0.05, 0.1) is 6.61 Å². The normalized spacial score (nSPS) is 11.4. The summed E-state index contributed by atoms with van der Waals surface area (Å²) >= 11 is 0. The van der Waals surface area contributed by atoms with Crippen molar-refractivity contribution in [1.29, 1.82) is 0 Å². The number of ether oxygens (including phenoxy) is 1. The number of hydrogen-bond donors (Lipinski definition) is 0. The minimum absolute atomic E-state index is 0.0134. The largest absolute Gasteiger partial charge is 0.466 e. The quantitative estimate of drug-likeness (QED) is 0.0878. The molecule has 30 heavy (non-hydrogen) atoms. The number of rotatable bonds is 24. The lowest BCUT2D eigenvalue weighted by atomic mass is 10.1. The second-order valence-corrected chi connectivity index (χ2v) is 9.03. The molecule has 0 bridgehead atoms. The molecule has 0 unspecified atom stereocenters. The Morgan fingerprint density at radius 2 is 0.933 bits per heavy atom. The number of carbonyl (C=O) groups excluding carboxylic acids is 1. The summed E-state index contributed by atoms with van der Waals surface area (Å²) in [6.45, 7) is 5.15. The van der Waals surface area contributed by atoms with Crippen LogP contribution in [0.5, 0.6) is 0 Å². The van der Waals surface area contributed by atoms with Crippen LogP contribution in [-0.4, -0.2) is 12.6 Å². The molecule has 0 atom stereocenters. The molecule has 0 aromatic carbocycles. The molecule has 178 valence electrons. The Bertz CT molecular complexity index is 362. The van der Waals surface area contributed by atoms with E-state index in [2.05, 4.69) is 26.0 Å². The molecule has 0 heterocycles. The highest BCUT2D eigenvalue weighted by atomic mass is 16.5. The molecule has 0 spiro atoms. The van der Waals surface area contributed by atoms with Crippen LogP contribution in [0.25, 0.3) is 0 Å². The molecule has 0 N–H and O–H groups in total. The van der Waals surface area contributed by atoms with Gasteiger partial charge >= 0.3 is 5.97 Å². The van der Waals surface area contributed by atoms with Crippen molar-refractivity contribution in [2.45, 2.75) is 155 Å². The molecular formula is C28H54O2. The van der Waals surface area contributed by atoms with E-state index in [0.717, 1.165) is 12.8 Å². The maximum atomic E-state index is 11.8. The van der Waals surface area contributed by atoms with Gasteiger partial charge in [-0.1, -0.05) is 122 Å². The van der Waals surface area contributed by atoms with Gasteiger partial charge in [-0.2, -0.15) is 0 Å². The van der Waals surface area contributed by atoms with Gasteiger partial charge in [-0.05, 0) is 38.5 Å². The Morgan fingerprint density at radius 3 is 1.47 bits per heavy atom. The van der Waals surface area contributed by atoms with Crippen LogP contribution in [0.1, 0.15) is 155 Å². The van der Waals surface area contributed by atoms with Crippen molar-refractivity contribution in [3.8, 4) is 0 Å². The Hall–Kier alpha value is -0.790. The molecule has 0 fully saturated rings. The topological polar surface area (TPSA) is 26.3 Å². The van der Waals surface area contributed by atoms with Gasteiger partial charge in [-0.15, -0.1) is 0 Å². The lowest BCUT2D eigenvalue weighted by molar-refractivity contribution is -0.143. The van der Waals surface area contributed by atoms with Crippen LogP contribution in [0.3, 0.4) is 0 Å². The van der Waals surface area contributed by atoms with Crippen molar-refractivity contribution < 1.29 is 9.53 Å². The number of carbonyl (C=O) groups is 1. The van der Waals surface area contributed by atoms with E-state index >= 15 is 0 Å². The smallest absolute Gasteiger partial charge is 0.305 e. The zero-order chi connectivity index (χ0) is 22.0. The molecule has 0 saturated heterocycles. The third-order valence-electron chi connectivity index (χ3n) is 5.90. The summed E-state index contributed by atoms with van der Waals surface area (Å²) in [6, 6.07) is 0. The van der Waals surface area contributed by atoms with Crippen LogP contribution in [0, 0.1) is 0 Å². The summed E-state index contributed by atoms with van der Waals surface area (Å²) in [5, 5.41) is 0. The third kappa shape index (κ3) is 25.2. The molecule has 0 aromatic rings. The first-order chi connectivity index (χ1) is 14.8. The van der Waals surface area contributed by atoms with Crippen LogP contribution < -0.4 is 0 Å². The van der Waals surface area contributed by atoms with Crippen LogP contribution in [0.2, 0.25) is 0 Å². The molecule has 0 aliphatic rings. The fraction of sp³-hybridized carbons (Fsp3) is 0.893. The van der Waals surface area contributed by atoms with E-state index in [-0.39, 0.29) is 5.97 Å². The van der Waals surface area contributed by atoms with E-state index in [9.17, 15) is 4.79 Å². The van der Waals surface area contributed by atoms with Gasteiger partial charge in [0.1, 0.15) is 0 Å². The monoisotopic (exact) mass is 422 g/mol. The van der Waals surface area contributed by atoms with Gasteiger partial charge in [0.25, 0.3) is 0 Å². The maximum Gasteiger partial charge on any atom is 0.305 e. The van der Waals surface area contributed by atoms with Crippen LogP contribution >= 0.6 is 0 Å². The molecule has 0 saturated carbocycles. The minimum atomic E-state index is 0.0134. The minimum Gasteiger partial charge on any atom is -0.466 e. The fourth-order valence-electron chi connectivity index (χ4n) is 3.83. The molecule has 0 radical (unpaired) electrons.